The molecule has 5 aromatic rings. The molecular weight excluding hydrogens is 772 g/mol. The van der Waals surface area contributed by atoms with Gasteiger partial charge in [0.1, 0.15) is 6.33 Å². The van der Waals surface area contributed by atoms with Crippen LogP contribution in [0.1, 0.15) is 85.3 Å². The smallest absolute Gasteiger partial charge is 0.162 e. The minimum atomic E-state index is -0.309. The predicted molar refractivity (Wildman–Crippen MR) is 188 cm³/mol. The monoisotopic (exact) mass is 818 g/mol. The van der Waals surface area contributed by atoms with Gasteiger partial charge in [0.25, 0.3) is 0 Å². The number of aliphatic hydroxyl groups excluding tert-OH is 1. The molecule has 2 aromatic heterocycles. The van der Waals surface area contributed by atoms with Crippen LogP contribution in [0, 0.1) is 36.1 Å². The number of benzene rings is 3. The van der Waals surface area contributed by atoms with Crippen LogP contribution in [0.4, 0.5) is 4.39 Å². The number of fused-ring (bicyclic) bond motifs is 4. The molecule has 0 fully saturated rings. The average molecular weight is 818 g/mol. The number of aryl methyl sites for hydroxylation is 1. The van der Waals surface area contributed by atoms with Gasteiger partial charge in [0.05, 0.1) is 17.1 Å². The zero-order chi connectivity index (χ0) is 32.9. The van der Waals surface area contributed by atoms with E-state index < -0.39 is 0 Å². The first-order valence-electron chi connectivity index (χ1n) is 16.1. The Morgan fingerprint density at radius 3 is 2.28 bits per heavy atom. The third-order valence-electron chi connectivity index (χ3n) is 8.49. The molecule has 0 saturated carbocycles. The van der Waals surface area contributed by atoms with Crippen LogP contribution in [-0.2, 0) is 31.3 Å². The number of carbonyl (C=O) groups is 1. The minimum Gasteiger partial charge on any atom is -0.512 e. The molecule has 0 atom stereocenters. The van der Waals surface area contributed by atoms with Gasteiger partial charge in [-0.05, 0) is 67.7 Å². The molecule has 1 radical (unpaired) electrons. The van der Waals surface area contributed by atoms with Gasteiger partial charge in [-0.1, -0.05) is 83.7 Å². The van der Waals surface area contributed by atoms with Crippen molar-refractivity contribution in [2.75, 3.05) is 0 Å². The van der Waals surface area contributed by atoms with E-state index in [4.69, 9.17) is 0 Å². The summed E-state index contributed by atoms with van der Waals surface area (Å²) in [5.41, 5.74) is 4.72. The second-order valence-corrected chi connectivity index (χ2v) is 14.1. The van der Waals surface area contributed by atoms with Gasteiger partial charge in [-0.3, -0.25) is 14.2 Å². The number of aliphatic hydroxyl groups is 1. The molecule has 0 bridgehead atoms. The van der Waals surface area contributed by atoms with Gasteiger partial charge in [-0.15, -0.1) is 28.9 Å². The molecule has 0 unspecified atom stereocenters. The van der Waals surface area contributed by atoms with Gasteiger partial charge in [0.2, 0.25) is 0 Å². The minimum absolute atomic E-state index is 0. The normalized spacial score (nSPS) is 12.1. The largest absolute Gasteiger partial charge is 0.512 e. The number of rotatable bonds is 9. The van der Waals surface area contributed by atoms with Gasteiger partial charge in [-0.25, -0.2) is 4.98 Å². The van der Waals surface area contributed by atoms with Gasteiger partial charge >= 0.3 is 0 Å². The van der Waals surface area contributed by atoms with Crippen LogP contribution >= 0.6 is 11.3 Å². The third kappa shape index (κ3) is 8.67. The second kappa shape index (κ2) is 16.2. The third-order valence-corrected chi connectivity index (χ3v) is 9.64. The Morgan fingerprint density at radius 2 is 1.65 bits per heavy atom. The summed E-state index contributed by atoms with van der Waals surface area (Å²) < 4.78 is 17.1. The van der Waals surface area contributed by atoms with E-state index in [0.29, 0.717) is 11.3 Å². The molecule has 0 aliphatic rings. The molecule has 0 aliphatic heterocycles. The summed E-state index contributed by atoms with van der Waals surface area (Å²) in [5, 5.41) is 12.6. The van der Waals surface area contributed by atoms with E-state index >= 15 is 4.39 Å². The quantitative estimate of drug-likeness (QED) is 0.0914. The molecule has 247 valence electrons. The number of halogens is 1. The Balaban J connectivity index is 0.000000309. The van der Waals surface area contributed by atoms with Crippen molar-refractivity contribution in [2.24, 2.45) is 17.3 Å². The number of ketones is 1. The van der Waals surface area contributed by atoms with Crippen molar-refractivity contribution in [3.63, 3.8) is 0 Å². The number of aromatic nitrogens is 2. The molecule has 46 heavy (non-hydrogen) atoms. The van der Waals surface area contributed by atoms with Gasteiger partial charge in [0.15, 0.2) is 5.78 Å². The number of allylic oxidation sites excluding steroid dienone is 2. The van der Waals surface area contributed by atoms with Gasteiger partial charge < -0.3 is 5.11 Å². The van der Waals surface area contributed by atoms with E-state index in [1.54, 1.807) is 17.4 Å². The van der Waals surface area contributed by atoms with Crippen LogP contribution in [0.15, 0.2) is 60.6 Å². The first-order valence-corrected chi connectivity index (χ1v) is 16.9. The summed E-state index contributed by atoms with van der Waals surface area (Å²) in [6, 6.07) is 17.0. The first-order chi connectivity index (χ1) is 21.4. The van der Waals surface area contributed by atoms with Crippen molar-refractivity contribution in [1.29, 1.82) is 0 Å². The van der Waals surface area contributed by atoms with E-state index in [2.05, 4.69) is 55.9 Å². The van der Waals surface area contributed by atoms with Crippen LogP contribution in [-0.4, -0.2) is 20.9 Å². The zero-order valence-electron chi connectivity index (χ0n) is 28.3. The topological polar surface area (TPSA) is 63.1 Å². The van der Waals surface area contributed by atoms with Crippen LogP contribution in [0.2, 0.25) is 0 Å². The van der Waals surface area contributed by atoms with Crippen molar-refractivity contribution in [1.82, 2.24) is 9.97 Å². The van der Waals surface area contributed by atoms with E-state index in [1.807, 2.05) is 52.0 Å². The second-order valence-electron chi connectivity index (χ2n) is 13.1. The molecule has 4 nitrogen and oxygen atoms in total. The maximum Gasteiger partial charge on any atom is 0.162 e. The van der Waals surface area contributed by atoms with Gasteiger partial charge in [0, 0.05) is 58.5 Å². The molecule has 5 rings (SSSR count). The molecule has 0 spiro atoms. The molecule has 3 aromatic carbocycles. The van der Waals surface area contributed by atoms with Crippen molar-refractivity contribution in [3.8, 4) is 11.3 Å². The van der Waals surface area contributed by atoms with E-state index in [9.17, 15) is 9.90 Å². The van der Waals surface area contributed by atoms with Crippen molar-refractivity contribution < 1.29 is 34.4 Å². The van der Waals surface area contributed by atoms with E-state index in [1.165, 1.54) is 23.5 Å². The Kier molecular flexibility index (Phi) is 13.2. The molecule has 2 heterocycles. The molecule has 0 saturated heterocycles. The van der Waals surface area contributed by atoms with Crippen molar-refractivity contribution in [3.05, 3.63) is 83.6 Å². The summed E-state index contributed by atoms with van der Waals surface area (Å²) in [7, 11) is 0. The molecule has 7 heteroatoms. The van der Waals surface area contributed by atoms with Gasteiger partial charge in [-0.2, -0.15) is 0 Å². The Hall–Kier alpha value is -2.99. The van der Waals surface area contributed by atoms with Crippen LogP contribution < -0.4 is 0 Å². The maximum absolute atomic E-state index is 15.0. The summed E-state index contributed by atoms with van der Waals surface area (Å²) in [6.45, 7) is 17.0. The maximum atomic E-state index is 15.0. The fourth-order valence-electron chi connectivity index (χ4n) is 5.80. The average Bonchev–Trinajstić information content (AvgIpc) is 3.35. The Labute approximate surface area is 290 Å². The zero-order valence-corrected chi connectivity index (χ0v) is 31.5. The number of thiophene rings is 1. The summed E-state index contributed by atoms with van der Waals surface area (Å²) >= 11 is 1.63. The Morgan fingerprint density at radius 1 is 1.00 bits per heavy atom. The summed E-state index contributed by atoms with van der Waals surface area (Å²) in [6.07, 6.45) is 7.45. The van der Waals surface area contributed by atoms with Crippen LogP contribution in [0.5, 0.6) is 0 Å². The molecule has 1 N–H and O–H groups in total. The predicted octanol–water partition coefficient (Wildman–Crippen LogP) is 11.4. The molecule has 0 aliphatic carbocycles. The fraction of sp³-hybridized carbons (Fsp3) is 0.410. The van der Waals surface area contributed by atoms with Crippen molar-refractivity contribution in [2.45, 2.75) is 87.5 Å². The Bertz CT molecular complexity index is 1830. The fourth-order valence-corrected chi connectivity index (χ4v) is 7.00. The SMILES string of the molecule is CCC(CC)C(=O)/C=C(\O)C(CC)CC.Cc1cc2c(cc1CC(C)(C)C)sc1c(-c3[c-]c4ccccc4cc3F)ncnc12.[Ir]. The number of nitrogens with zero attached hydrogens (tertiary/aromatic N) is 2. The summed E-state index contributed by atoms with van der Waals surface area (Å²) in [5.74, 6) is 0.238. The number of carbonyl (C=O) groups excluding carboxylic acids is 1. The van der Waals surface area contributed by atoms with Crippen molar-refractivity contribution >= 4 is 48.2 Å². The number of hydrogen-bond acceptors (Lipinski definition) is 5. The van der Waals surface area contributed by atoms with Crippen LogP contribution in [0.25, 0.3) is 42.3 Å². The standard InChI is InChI=1S/C26H22FN2S.C13H24O2.Ir/c1-15-9-20-22(12-18(15)13-26(2,3)4)30-25-23(28-14-29-24(20)25)19-10-16-7-5-6-8-17(16)11-21(19)27;1-5-10(6-2)12(14)9-13(15)11(7-3)8-4;/h5-9,11-12,14H,13H2,1-4H3;9-11,14H,5-8H2,1-4H3;/q-1;;/b;12-9-;. The van der Waals surface area contributed by atoms with E-state index in [0.717, 1.165) is 63.2 Å². The van der Waals surface area contributed by atoms with E-state index in [-0.39, 0.29) is 54.7 Å². The van der Waals surface area contributed by atoms with Crippen LogP contribution in [0.3, 0.4) is 0 Å². The molecular formula is C39H46FIrN2O2S-. The summed E-state index contributed by atoms with van der Waals surface area (Å²) in [4.78, 5) is 20.7. The first kappa shape index (κ1) is 37.5. The molecule has 0 amide bonds. The number of hydrogen-bond donors (Lipinski definition) is 1.